The van der Waals surface area contributed by atoms with Crippen molar-refractivity contribution in [1.82, 2.24) is 15.5 Å². The van der Waals surface area contributed by atoms with Crippen molar-refractivity contribution in [3.63, 3.8) is 0 Å². The molecule has 0 amide bonds. The first-order valence-electron chi connectivity index (χ1n) is 6.86. The van der Waals surface area contributed by atoms with Crippen molar-refractivity contribution in [2.45, 2.75) is 27.2 Å². The van der Waals surface area contributed by atoms with Crippen LogP contribution in [0.15, 0.2) is 18.2 Å². The van der Waals surface area contributed by atoms with Crippen molar-refractivity contribution < 1.29 is 4.39 Å². The van der Waals surface area contributed by atoms with Crippen LogP contribution in [-0.2, 0) is 6.42 Å². The zero-order valence-electron chi connectivity index (χ0n) is 12.1. The van der Waals surface area contributed by atoms with E-state index in [4.69, 9.17) is 0 Å². The van der Waals surface area contributed by atoms with Gasteiger partial charge in [0.1, 0.15) is 15.8 Å². The first-order valence-corrected chi connectivity index (χ1v) is 7.67. The molecule has 0 bridgehead atoms. The van der Waals surface area contributed by atoms with E-state index in [9.17, 15) is 4.39 Å². The van der Waals surface area contributed by atoms with Crippen LogP contribution in [0.1, 0.15) is 24.4 Å². The van der Waals surface area contributed by atoms with Crippen LogP contribution in [0, 0.1) is 18.7 Å². The highest BCUT2D eigenvalue weighted by atomic mass is 32.1. The topological polar surface area (TPSA) is 37.8 Å². The van der Waals surface area contributed by atoms with E-state index in [0.717, 1.165) is 40.7 Å². The summed E-state index contributed by atoms with van der Waals surface area (Å²) in [7, 11) is 0. The fourth-order valence-corrected chi connectivity index (χ4v) is 2.85. The second-order valence-electron chi connectivity index (χ2n) is 5.31. The van der Waals surface area contributed by atoms with Crippen molar-refractivity contribution in [1.29, 1.82) is 0 Å². The number of hydrogen-bond donors (Lipinski definition) is 1. The lowest BCUT2D eigenvalue weighted by molar-refractivity contribution is 0.553. The maximum atomic E-state index is 13.1. The maximum Gasteiger partial charge on any atom is 0.148 e. The molecule has 0 unspecified atom stereocenters. The van der Waals surface area contributed by atoms with Gasteiger partial charge in [0.15, 0.2) is 0 Å². The monoisotopic (exact) mass is 293 g/mol. The predicted molar refractivity (Wildman–Crippen MR) is 81.5 cm³/mol. The van der Waals surface area contributed by atoms with Crippen LogP contribution in [-0.4, -0.2) is 23.3 Å². The highest BCUT2D eigenvalue weighted by Crippen LogP contribution is 2.27. The zero-order valence-corrected chi connectivity index (χ0v) is 12.9. The lowest BCUT2D eigenvalue weighted by Crippen LogP contribution is -2.22. The van der Waals surface area contributed by atoms with E-state index in [-0.39, 0.29) is 5.82 Å². The van der Waals surface area contributed by atoms with Crippen molar-refractivity contribution >= 4 is 11.3 Å². The van der Waals surface area contributed by atoms with Crippen LogP contribution in [0.5, 0.6) is 0 Å². The molecule has 3 nitrogen and oxygen atoms in total. The summed E-state index contributed by atoms with van der Waals surface area (Å²) in [5.74, 6) is 0.440. The summed E-state index contributed by atoms with van der Waals surface area (Å²) in [6.07, 6.45) is 0.880. The zero-order chi connectivity index (χ0) is 14.5. The standard InChI is InChI=1S/C15H20FN3S/c1-10(2)9-17-7-6-14-18-19-15(20-14)13-5-4-12(16)8-11(13)3/h4-5,8,10,17H,6-7,9H2,1-3H3. The number of halogens is 1. The fraction of sp³-hybridized carbons (Fsp3) is 0.467. The normalized spacial score (nSPS) is 11.2. The molecule has 0 aliphatic carbocycles. The SMILES string of the molecule is Cc1cc(F)ccc1-c1nnc(CCNCC(C)C)s1. The van der Waals surface area contributed by atoms with Crippen molar-refractivity contribution in [3.05, 3.63) is 34.6 Å². The number of benzene rings is 1. The lowest BCUT2D eigenvalue weighted by atomic mass is 10.1. The van der Waals surface area contributed by atoms with Gasteiger partial charge in [0.05, 0.1) is 0 Å². The average Bonchev–Trinajstić information content (AvgIpc) is 2.83. The third-order valence-electron chi connectivity index (χ3n) is 2.95. The first-order chi connectivity index (χ1) is 9.56. The lowest BCUT2D eigenvalue weighted by Gasteiger charge is -2.05. The molecule has 0 spiro atoms. The first kappa shape index (κ1) is 15.1. The molecule has 1 aromatic carbocycles. The summed E-state index contributed by atoms with van der Waals surface area (Å²) in [6, 6.07) is 4.76. The molecule has 0 radical (unpaired) electrons. The largest absolute Gasteiger partial charge is 0.316 e. The molecule has 5 heteroatoms. The Hall–Kier alpha value is -1.33. The van der Waals surface area contributed by atoms with Crippen LogP contribution in [0.25, 0.3) is 10.6 Å². The summed E-state index contributed by atoms with van der Waals surface area (Å²) < 4.78 is 13.1. The van der Waals surface area contributed by atoms with E-state index in [0.29, 0.717) is 5.92 Å². The Bertz CT molecular complexity index is 566. The van der Waals surface area contributed by atoms with E-state index in [1.165, 1.54) is 12.1 Å². The van der Waals surface area contributed by atoms with E-state index in [1.807, 2.05) is 6.92 Å². The summed E-state index contributed by atoms with van der Waals surface area (Å²) in [5.41, 5.74) is 1.86. The summed E-state index contributed by atoms with van der Waals surface area (Å²) in [4.78, 5) is 0. The molecule has 1 N–H and O–H groups in total. The van der Waals surface area contributed by atoms with Gasteiger partial charge in [-0.1, -0.05) is 25.2 Å². The Labute approximate surface area is 123 Å². The Morgan fingerprint density at radius 1 is 1.30 bits per heavy atom. The van der Waals surface area contributed by atoms with Gasteiger partial charge in [0, 0.05) is 18.5 Å². The minimum Gasteiger partial charge on any atom is -0.316 e. The molecule has 108 valence electrons. The summed E-state index contributed by atoms with van der Waals surface area (Å²) >= 11 is 1.58. The summed E-state index contributed by atoms with van der Waals surface area (Å²) in [6.45, 7) is 8.20. The van der Waals surface area contributed by atoms with Gasteiger partial charge in [-0.25, -0.2) is 4.39 Å². The van der Waals surface area contributed by atoms with Crippen LogP contribution in [0.4, 0.5) is 4.39 Å². The number of aryl methyl sites for hydroxylation is 1. The van der Waals surface area contributed by atoms with Crippen LogP contribution < -0.4 is 5.32 Å². The second-order valence-corrected chi connectivity index (χ2v) is 6.37. The average molecular weight is 293 g/mol. The van der Waals surface area contributed by atoms with Gasteiger partial charge in [-0.05, 0) is 43.1 Å². The van der Waals surface area contributed by atoms with Gasteiger partial charge in [-0.15, -0.1) is 10.2 Å². The van der Waals surface area contributed by atoms with E-state index in [2.05, 4.69) is 29.4 Å². The van der Waals surface area contributed by atoms with Gasteiger partial charge in [-0.2, -0.15) is 0 Å². The van der Waals surface area contributed by atoms with E-state index >= 15 is 0 Å². The fourth-order valence-electron chi connectivity index (χ4n) is 1.92. The molecule has 2 aromatic rings. The molecule has 0 aliphatic heterocycles. The minimum absolute atomic E-state index is 0.214. The molecule has 0 fully saturated rings. The molecular weight excluding hydrogens is 273 g/mol. The third-order valence-corrected chi connectivity index (χ3v) is 3.97. The van der Waals surface area contributed by atoms with E-state index in [1.54, 1.807) is 17.4 Å². The molecule has 0 saturated heterocycles. The molecule has 0 atom stereocenters. The molecule has 1 aromatic heterocycles. The predicted octanol–water partition coefficient (Wildman–Crippen LogP) is 3.44. The number of hydrogen-bond acceptors (Lipinski definition) is 4. The van der Waals surface area contributed by atoms with Crippen LogP contribution in [0.3, 0.4) is 0 Å². The number of nitrogens with one attached hydrogen (secondary N) is 1. The van der Waals surface area contributed by atoms with Crippen LogP contribution >= 0.6 is 11.3 Å². The Kier molecular flexibility index (Phi) is 5.20. The molecule has 0 aliphatic rings. The maximum absolute atomic E-state index is 13.1. The third kappa shape index (κ3) is 4.08. The number of nitrogens with zero attached hydrogens (tertiary/aromatic N) is 2. The Morgan fingerprint density at radius 2 is 2.10 bits per heavy atom. The Morgan fingerprint density at radius 3 is 2.80 bits per heavy atom. The highest BCUT2D eigenvalue weighted by Gasteiger charge is 2.09. The Balaban J connectivity index is 1.98. The number of rotatable bonds is 6. The minimum atomic E-state index is -0.214. The quantitative estimate of drug-likeness (QED) is 0.829. The van der Waals surface area contributed by atoms with E-state index < -0.39 is 0 Å². The number of aromatic nitrogens is 2. The van der Waals surface area contributed by atoms with Gasteiger partial charge < -0.3 is 5.32 Å². The van der Waals surface area contributed by atoms with Gasteiger partial charge >= 0.3 is 0 Å². The molecule has 0 saturated carbocycles. The molecule has 20 heavy (non-hydrogen) atoms. The van der Waals surface area contributed by atoms with Crippen molar-refractivity contribution in [2.24, 2.45) is 5.92 Å². The molecule has 1 heterocycles. The smallest absolute Gasteiger partial charge is 0.148 e. The summed E-state index contributed by atoms with van der Waals surface area (Å²) in [5, 5.41) is 13.7. The highest BCUT2D eigenvalue weighted by molar-refractivity contribution is 7.14. The molecular formula is C15H20FN3S. The van der Waals surface area contributed by atoms with Gasteiger partial charge in [-0.3, -0.25) is 0 Å². The van der Waals surface area contributed by atoms with Crippen LogP contribution in [0.2, 0.25) is 0 Å². The van der Waals surface area contributed by atoms with Crippen molar-refractivity contribution in [3.8, 4) is 10.6 Å². The van der Waals surface area contributed by atoms with Crippen molar-refractivity contribution in [2.75, 3.05) is 13.1 Å². The van der Waals surface area contributed by atoms with Gasteiger partial charge in [0.25, 0.3) is 0 Å². The second kappa shape index (κ2) is 6.90. The van der Waals surface area contributed by atoms with Gasteiger partial charge in [0.2, 0.25) is 0 Å². The molecule has 2 rings (SSSR count).